The third-order valence-electron chi connectivity index (χ3n) is 4.75. The zero-order valence-electron chi connectivity index (χ0n) is 16.1. The molecule has 1 fully saturated rings. The van der Waals surface area contributed by atoms with E-state index >= 15 is 0 Å². The molecule has 1 aliphatic rings. The lowest BCUT2D eigenvalue weighted by atomic mass is 10.0. The van der Waals surface area contributed by atoms with E-state index in [9.17, 15) is 34.0 Å². The molecule has 0 bridgehead atoms. The molecule has 1 aromatic heterocycles. The monoisotopic (exact) mass is 478 g/mol. The summed E-state index contributed by atoms with van der Waals surface area (Å²) >= 11 is 0.662. The second-order valence-electron chi connectivity index (χ2n) is 6.92. The van der Waals surface area contributed by atoms with Crippen molar-refractivity contribution in [3.63, 3.8) is 0 Å². The number of aliphatic hydroxyl groups excluding tert-OH is 4. The van der Waals surface area contributed by atoms with Crippen molar-refractivity contribution in [1.29, 1.82) is 0 Å². The van der Waals surface area contributed by atoms with Gasteiger partial charge in [-0.05, 0) is 17.7 Å². The number of phenolic OH excluding ortho intramolecular Hbond substituents is 1. The van der Waals surface area contributed by atoms with Gasteiger partial charge in [0.05, 0.1) is 12.1 Å². The molecule has 172 valence electrons. The molecule has 1 saturated heterocycles. The van der Waals surface area contributed by atoms with E-state index in [1.165, 1.54) is 6.07 Å². The van der Waals surface area contributed by atoms with Crippen LogP contribution in [0.5, 0.6) is 5.75 Å². The third kappa shape index (κ3) is 5.30. The van der Waals surface area contributed by atoms with Gasteiger partial charge in [0.25, 0.3) is 0 Å². The molecule has 2 aromatic rings. The lowest BCUT2D eigenvalue weighted by Gasteiger charge is -2.39. The summed E-state index contributed by atoms with van der Waals surface area (Å²) in [6.07, 6.45) is -4.44. The topological polar surface area (TPSA) is 191 Å². The number of aromatic hydroxyl groups is 1. The fourth-order valence-corrected chi connectivity index (χ4v) is 4.62. The number of hydrogen-bond acceptors (Lipinski definition) is 11. The molecule has 31 heavy (non-hydrogen) atoms. The van der Waals surface area contributed by atoms with E-state index in [1.807, 2.05) is 0 Å². The van der Waals surface area contributed by atoms with Gasteiger partial charge in [-0.15, -0.1) is 0 Å². The molecule has 0 unspecified atom stereocenters. The molecule has 0 saturated carbocycles. The van der Waals surface area contributed by atoms with Gasteiger partial charge in [-0.2, -0.15) is 8.42 Å². The Morgan fingerprint density at radius 1 is 1.26 bits per heavy atom. The zero-order valence-corrected chi connectivity index (χ0v) is 17.8. The number of fused-ring (bicyclic) bond motifs is 1. The molecule has 12 nitrogen and oxygen atoms in total. The Labute approximate surface area is 181 Å². The minimum Gasteiger partial charge on any atom is -0.507 e. The fraction of sp³-hybridized carbons (Fsp3) is 0.471. The number of aryl methyl sites for hydroxylation is 1. The van der Waals surface area contributed by atoms with E-state index in [-0.39, 0.29) is 17.2 Å². The Morgan fingerprint density at radius 3 is 2.61 bits per heavy atom. The van der Waals surface area contributed by atoms with Gasteiger partial charge < -0.3 is 34.8 Å². The first-order valence-electron chi connectivity index (χ1n) is 8.97. The van der Waals surface area contributed by atoms with Crippen molar-refractivity contribution in [3.8, 4) is 5.75 Å². The minimum absolute atomic E-state index is 0.0269. The number of rotatable bonds is 6. The summed E-state index contributed by atoms with van der Waals surface area (Å²) < 4.78 is 42.1. The van der Waals surface area contributed by atoms with Crippen LogP contribution in [0.25, 0.3) is 10.9 Å². The highest BCUT2D eigenvalue weighted by molar-refractivity contribution is 8.14. The molecular weight excluding hydrogens is 456 g/mol. The van der Waals surface area contributed by atoms with Crippen LogP contribution >= 0.6 is 11.8 Å². The van der Waals surface area contributed by atoms with Gasteiger partial charge in [-0.3, -0.25) is 4.55 Å². The van der Waals surface area contributed by atoms with E-state index in [2.05, 4.69) is 9.44 Å². The summed E-state index contributed by atoms with van der Waals surface area (Å²) in [5, 5.41) is 53.5. The normalized spacial score (nSPS) is 27.5. The molecule has 1 aliphatic heterocycles. The summed E-state index contributed by atoms with van der Waals surface area (Å²) in [7, 11) is -3.20. The van der Waals surface area contributed by atoms with E-state index in [4.69, 9.17) is 9.29 Å². The predicted molar refractivity (Wildman–Crippen MR) is 110 cm³/mol. The number of hydrogen-bond donors (Lipinski definition) is 6. The van der Waals surface area contributed by atoms with Crippen molar-refractivity contribution in [3.05, 3.63) is 30.0 Å². The van der Waals surface area contributed by atoms with Gasteiger partial charge >= 0.3 is 10.4 Å². The first-order chi connectivity index (χ1) is 14.5. The summed E-state index contributed by atoms with van der Waals surface area (Å²) in [5.74, 6) is -0.0269. The molecule has 0 aliphatic carbocycles. The van der Waals surface area contributed by atoms with Crippen LogP contribution in [-0.2, 0) is 32.9 Å². The standard InChI is InChI=1S/C17H22N2O10S2/c1-19-6-8(13-9(19)3-2-4-10(13)21)5-12(18-29-31(25,26)27)30-17-16(24)15(23)14(22)11(7-20)28-17/h2-4,6,11,14-17,20-24H,5,7H2,1H3,(H,25,26,27)/b18-12+/t11-,14-,15+,16-,17+/m1/s1. The Bertz CT molecular complexity index is 1070. The van der Waals surface area contributed by atoms with E-state index in [0.29, 0.717) is 28.2 Å². The molecule has 0 amide bonds. The molecule has 1 aromatic carbocycles. The number of benzene rings is 1. The highest BCUT2D eigenvalue weighted by Gasteiger charge is 2.44. The van der Waals surface area contributed by atoms with Gasteiger partial charge in [0, 0.05) is 25.1 Å². The van der Waals surface area contributed by atoms with Crippen LogP contribution in [0.15, 0.2) is 29.6 Å². The van der Waals surface area contributed by atoms with Crippen LogP contribution in [0.2, 0.25) is 0 Å². The Kier molecular flexibility index (Phi) is 7.12. The van der Waals surface area contributed by atoms with Crippen LogP contribution in [-0.4, -0.2) is 84.6 Å². The van der Waals surface area contributed by atoms with Crippen molar-refractivity contribution < 1.29 is 47.5 Å². The maximum Gasteiger partial charge on any atom is 0.466 e. The molecular formula is C17H22N2O10S2. The molecule has 0 spiro atoms. The second kappa shape index (κ2) is 9.30. The van der Waals surface area contributed by atoms with Crippen molar-refractivity contribution in [2.75, 3.05) is 6.61 Å². The van der Waals surface area contributed by atoms with Crippen LogP contribution in [0.3, 0.4) is 0 Å². The SMILES string of the molecule is Cn1cc(C/C(=N\OS(=O)(=O)O)S[C@@H]2O[C@H](CO)[C@@H](O)[C@H](O)[C@H]2O)c2c(O)cccc21. The van der Waals surface area contributed by atoms with E-state index < -0.39 is 46.9 Å². The summed E-state index contributed by atoms with van der Waals surface area (Å²) in [6.45, 7) is -0.646. The number of nitrogens with zero attached hydrogens (tertiary/aromatic N) is 2. The third-order valence-corrected chi connectivity index (χ3v) is 6.12. The number of phenols is 1. The van der Waals surface area contributed by atoms with Crippen LogP contribution < -0.4 is 0 Å². The highest BCUT2D eigenvalue weighted by atomic mass is 32.3. The number of oxime groups is 1. The Balaban J connectivity index is 1.93. The Hall–Kier alpha value is -1.91. The number of thioether (sulfide) groups is 1. The molecule has 0 radical (unpaired) electrons. The fourth-order valence-electron chi connectivity index (χ4n) is 3.30. The van der Waals surface area contributed by atoms with Gasteiger partial charge in [-0.1, -0.05) is 23.0 Å². The van der Waals surface area contributed by atoms with Crippen LogP contribution in [0.4, 0.5) is 0 Å². The summed E-state index contributed by atoms with van der Waals surface area (Å²) in [6, 6.07) is 4.89. The zero-order chi connectivity index (χ0) is 22.9. The smallest absolute Gasteiger partial charge is 0.466 e. The quantitative estimate of drug-likeness (QED) is 0.130. The molecule has 14 heteroatoms. The largest absolute Gasteiger partial charge is 0.507 e. The predicted octanol–water partition coefficient (Wildman–Crippen LogP) is -0.908. The minimum atomic E-state index is -4.93. The lowest BCUT2D eigenvalue weighted by Crippen LogP contribution is -2.57. The highest BCUT2D eigenvalue weighted by Crippen LogP contribution is 2.34. The van der Waals surface area contributed by atoms with E-state index in [1.54, 1.807) is 29.9 Å². The van der Waals surface area contributed by atoms with Crippen molar-refractivity contribution >= 4 is 38.1 Å². The lowest BCUT2D eigenvalue weighted by molar-refractivity contribution is -0.205. The van der Waals surface area contributed by atoms with Gasteiger partial charge in [-0.25, -0.2) is 4.28 Å². The van der Waals surface area contributed by atoms with E-state index in [0.717, 1.165) is 0 Å². The Morgan fingerprint density at radius 2 is 1.97 bits per heavy atom. The maximum atomic E-state index is 11.0. The van der Waals surface area contributed by atoms with Crippen molar-refractivity contribution in [1.82, 2.24) is 4.57 Å². The number of aliphatic hydroxyl groups is 4. The average molecular weight is 479 g/mol. The number of aromatic nitrogens is 1. The first-order valence-corrected chi connectivity index (χ1v) is 11.2. The van der Waals surface area contributed by atoms with Gasteiger partial charge in [0.1, 0.15) is 40.6 Å². The maximum absolute atomic E-state index is 11.0. The molecule has 2 heterocycles. The average Bonchev–Trinajstić information content (AvgIpc) is 3.02. The van der Waals surface area contributed by atoms with Gasteiger partial charge in [0.15, 0.2) is 0 Å². The van der Waals surface area contributed by atoms with Gasteiger partial charge in [0.2, 0.25) is 0 Å². The second-order valence-corrected chi connectivity index (χ2v) is 9.09. The summed E-state index contributed by atoms with van der Waals surface area (Å²) in [5.41, 5.74) is -0.0591. The van der Waals surface area contributed by atoms with Crippen molar-refractivity contribution in [2.45, 2.75) is 36.3 Å². The van der Waals surface area contributed by atoms with Crippen molar-refractivity contribution in [2.24, 2.45) is 12.2 Å². The number of ether oxygens (including phenoxy) is 1. The molecule has 5 atom stereocenters. The van der Waals surface area contributed by atoms with Crippen LogP contribution in [0.1, 0.15) is 5.56 Å². The first kappa shape index (κ1) is 23.7. The molecule has 6 N–H and O–H groups in total. The summed E-state index contributed by atoms with van der Waals surface area (Å²) in [4.78, 5) is 0. The van der Waals surface area contributed by atoms with Crippen LogP contribution in [0, 0.1) is 0 Å². The molecule has 3 rings (SSSR count).